The summed E-state index contributed by atoms with van der Waals surface area (Å²) < 4.78 is 10.2. The number of hydrogen-bond donors (Lipinski definition) is 1. The highest BCUT2D eigenvalue weighted by Gasteiger charge is 2.45. The summed E-state index contributed by atoms with van der Waals surface area (Å²) in [6.45, 7) is 4.72. The lowest BCUT2D eigenvalue weighted by Gasteiger charge is -2.51. The molecule has 2 saturated heterocycles. The number of benzene rings is 1. The molecule has 150 valence electrons. The quantitative estimate of drug-likeness (QED) is 0.820. The summed E-state index contributed by atoms with van der Waals surface area (Å²) in [6.07, 6.45) is 3.14. The number of nitrogens with zero attached hydrogens (tertiary/aromatic N) is 2. The standard InChI is InChI=1S/C21H32N2O4/c1-26-16-20(25)23-12-9-21(18(14-23)15-24)7-10-22(11-8-21)13-17-3-5-19(27-2)6-4-17/h3-6,18,24H,7-16H2,1-2H3. The molecular formula is C21H32N2O4. The van der Waals surface area contributed by atoms with Gasteiger partial charge in [-0.2, -0.15) is 0 Å². The smallest absolute Gasteiger partial charge is 0.248 e. The van der Waals surface area contributed by atoms with Gasteiger partial charge < -0.3 is 19.5 Å². The summed E-state index contributed by atoms with van der Waals surface area (Å²) in [4.78, 5) is 16.5. The largest absolute Gasteiger partial charge is 0.497 e. The SMILES string of the molecule is COCC(=O)N1CCC2(CCN(Cc3ccc(OC)cc3)CC2)C(CO)C1. The fourth-order valence-corrected chi connectivity index (χ4v) is 4.61. The first-order chi connectivity index (χ1) is 13.1. The molecule has 0 bridgehead atoms. The number of aliphatic hydroxyl groups excluding tert-OH is 1. The lowest BCUT2D eigenvalue weighted by atomic mass is 9.64. The summed E-state index contributed by atoms with van der Waals surface area (Å²) in [7, 11) is 3.23. The van der Waals surface area contributed by atoms with Crippen molar-refractivity contribution in [2.45, 2.75) is 25.8 Å². The second-order valence-electron chi connectivity index (χ2n) is 7.89. The number of likely N-dealkylation sites (tertiary alicyclic amines) is 2. The van der Waals surface area contributed by atoms with Crippen LogP contribution in [0.4, 0.5) is 0 Å². The van der Waals surface area contributed by atoms with Crippen LogP contribution in [0.1, 0.15) is 24.8 Å². The lowest BCUT2D eigenvalue weighted by Crippen LogP contribution is -2.55. The Hall–Kier alpha value is -1.63. The molecule has 1 spiro atoms. The van der Waals surface area contributed by atoms with E-state index in [9.17, 15) is 9.90 Å². The molecule has 27 heavy (non-hydrogen) atoms. The first kappa shape index (κ1) is 20.1. The van der Waals surface area contributed by atoms with Crippen LogP contribution in [0, 0.1) is 11.3 Å². The highest BCUT2D eigenvalue weighted by atomic mass is 16.5. The summed E-state index contributed by atoms with van der Waals surface area (Å²) in [6, 6.07) is 8.27. The third-order valence-electron chi connectivity index (χ3n) is 6.44. The first-order valence-electron chi connectivity index (χ1n) is 9.83. The van der Waals surface area contributed by atoms with Crippen LogP contribution in [0.5, 0.6) is 5.75 Å². The van der Waals surface area contributed by atoms with Gasteiger partial charge in [0.25, 0.3) is 0 Å². The molecule has 0 aromatic heterocycles. The first-order valence-corrected chi connectivity index (χ1v) is 9.83. The molecule has 0 saturated carbocycles. The second kappa shape index (κ2) is 9.04. The van der Waals surface area contributed by atoms with Gasteiger partial charge in [-0.15, -0.1) is 0 Å². The lowest BCUT2D eigenvalue weighted by molar-refractivity contribution is -0.141. The average Bonchev–Trinajstić information content (AvgIpc) is 2.71. The number of piperidine rings is 2. The fourth-order valence-electron chi connectivity index (χ4n) is 4.61. The summed E-state index contributed by atoms with van der Waals surface area (Å²) in [5.41, 5.74) is 1.46. The van der Waals surface area contributed by atoms with Crippen LogP contribution in [0.15, 0.2) is 24.3 Å². The van der Waals surface area contributed by atoms with E-state index in [1.807, 2.05) is 17.0 Å². The number of amides is 1. The van der Waals surface area contributed by atoms with Gasteiger partial charge in [0, 0.05) is 39.3 Å². The number of rotatable bonds is 6. The average molecular weight is 376 g/mol. The number of aliphatic hydroxyl groups is 1. The minimum atomic E-state index is 0.0303. The maximum absolute atomic E-state index is 12.1. The van der Waals surface area contributed by atoms with Crippen molar-refractivity contribution < 1.29 is 19.4 Å². The minimum Gasteiger partial charge on any atom is -0.497 e. The van der Waals surface area contributed by atoms with Crippen molar-refractivity contribution in [3.8, 4) is 5.75 Å². The van der Waals surface area contributed by atoms with Crippen molar-refractivity contribution >= 4 is 5.91 Å². The number of carbonyl (C=O) groups is 1. The Kier molecular flexibility index (Phi) is 6.73. The van der Waals surface area contributed by atoms with E-state index in [0.29, 0.717) is 6.54 Å². The van der Waals surface area contributed by atoms with Crippen molar-refractivity contribution in [2.75, 3.05) is 53.6 Å². The van der Waals surface area contributed by atoms with E-state index in [-0.39, 0.29) is 30.5 Å². The van der Waals surface area contributed by atoms with Gasteiger partial charge in [-0.25, -0.2) is 0 Å². The van der Waals surface area contributed by atoms with Gasteiger partial charge >= 0.3 is 0 Å². The zero-order valence-electron chi connectivity index (χ0n) is 16.5. The number of ether oxygens (including phenoxy) is 2. The Balaban J connectivity index is 1.55. The Morgan fingerprint density at radius 3 is 2.41 bits per heavy atom. The molecule has 0 aliphatic carbocycles. The maximum Gasteiger partial charge on any atom is 0.248 e. The number of carbonyl (C=O) groups excluding carboxylic acids is 1. The monoisotopic (exact) mass is 376 g/mol. The highest BCUT2D eigenvalue weighted by molar-refractivity contribution is 5.77. The van der Waals surface area contributed by atoms with Crippen LogP contribution in [-0.4, -0.2) is 74.4 Å². The van der Waals surface area contributed by atoms with Gasteiger partial charge in [0.1, 0.15) is 12.4 Å². The molecule has 6 heteroatoms. The molecule has 3 rings (SSSR count). The zero-order valence-corrected chi connectivity index (χ0v) is 16.5. The molecule has 6 nitrogen and oxygen atoms in total. The van der Waals surface area contributed by atoms with E-state index in [1.165, 1.54) is 5.56 Å². The Morgan fingerprint density at radius 1 is 1.15 bits per heavy atom. The van der Waals surface area contributed by atoms with Crippen LogP contribution < -0.4 is 4.74 Å². The highest BCUT2D eigenvalue weighted by Crippen LogP contribution is 2.45. The second-order valence-corrected chi connectivity index (χ2v) is 7.89. The van der Waals surface area contributed by atoms with Crippen molar-refractivity contribution in [1.82, 2.24) is 9.80 Å². The molecule has 1 unspecified atom stereocenters. The topological polar surface area (TPSA) is 62.2 Å². The van der Waals surface area contributed by atoms with E-state index >= 15 is 0 Å². The summed E-state index contributed by atoms with van der Waals surface area (Å²) >= 11 is 0. The number of hydrogen-bond acceptors (Lipinski definition) is 5. The van der Waals surface area contributed by atoms with Gasteiger partial charge in [-0.05, 0) is 55.5 Å². The molecule has 1 amide bonds. The molecular weight excluding hydrogens is 344 g/mol. The zero-order chi connectivity index (χ0) is 19.3. The van der Waals surface area contributed by atoms with Crippen molar-refractivity contribution in [3.63, 3.8) is 0 Å². The molecule has 1 N–H and O–H groups in total. The molecule has 2 aliphatic heterocycles. The molecule has 1 aromatic carbocycles. The van der Waals surface area contributed by atoms with E-state index in [2.05, 4.69) is 17.0 Å². The Labute approximate surface area is 162 Å². The molecule has 1 atom stereocenters. The molecule has 0 radical (unpaired) electrons. The Bertz CT molecular complexity index is 611. The van der Waals surface area contributed by atoms with Crippen LogP contribution in [0.25, 0.3) is 0 Å². The van der Waals surface area contributed by atoms with Gasteiger partial charge in [0.15, 0.2) is 0 Å². The molecule has 2 heterocycles. The normalized spacial score (nSPS) is 22.8. The van der Waals surface area contributed by atoms with Gasteiger partial charge in [-0.1, -0.05) is 12.1 Å². The summed E-state index contributed by atoms with van der Waals surface area (Å²) in [5.74, 6) is 1.08. The molecule has 2 fully saturated rings. The van der Waals surface area contributed by atoms with Crippen molar-refractivity contribution in [3.05, 3.63) is 29.8 Å². The number of methoxy groups -OCH3 is 2. The predicted molar refractivity (Wildman–Crippen MR) is 104 cm³/mol. The summed E-state index contributed by atoms with van der Waals surface area (Å²) in [5, 5.41) is 9.99. The predicted octanol–water partition coefficient (Wildman–Crippen LogP) is 1.76. The van der Waals surface area contributed by atoms with Gasteiger partial charge in [0.2, 0.25) is 5.91 Å². The third-order valence-corrected chi connectivity index (χ3v) is 6.44. The van der Waals surface area contributed by atoms with Crippen molar-refractivity contribution in [1.29, 1.82) is 0 Å². The minimum absolute atomic E-state index is 0.0303. The maximum atomic E-state index is 12.1. The molecule has 2 aliphatic rings. The van der Waals surface area contributed by atoms with Crippen LogP contribution >= 0.6 is 0 Å². The van der Waals surface area contributed by atoms with E-state index in [4.69, 9.17) is 9.47 Å². The van der Waals surface area contributed by atoms with Crippen LogP contribution in [0.2, 0.25) is 0 Å². The van der Waals surface area contributed by atoms with Crippen molar-refractivity contribution in [2.24, 2.45) is 11.3 Å². The van der Waals surface area contributed by atoms with E-state index in [1.54, 1.807) is 14.2 Å². The fraction of sp³-hybridized carbons (Fsp3) is 0.667. The van der Waals surface area contributed by atoms with E-state index in [0.717, 1.165) is 51.2 Å². The van der Waals surface area contributed by atoms with Gasteiger partial charge in [0.05, 0.1) is 7.11 Å². The van der Waals surface area contributed by atoms with Crippen LogP contribution in [-0.2, 0) is 16.1 Å². The molecule has 1 aromatic rings. The van der Waals surface area contributed by atoms with Gasteiger partial charge in [-0.3, -0.25) is 9.69 Å². The van der Waals surface area contributed by atoms with Crippen LogP contribution in [0.3, 0.4) is 0 Å². The van der Waals surface area contributed by atoms with E-state index < -0.39 is 0 Å². The third kappa shape index (κ3) is 4.62. The Morgan fingerprint density at radius 2 is 1.81 bits per heavy atom.